The largest absolute Gasteiger partial charge is 0.421 e. The zero-order valence-corrected chi connectivity index (χ0v) is 7.29. The lowest BCUT2D eigenvalue weighted by molar-refractivity contribution is -0.139. The van der Waals surface area contributed by atoms with Crippen LogP contribution in [0.1, 0.15) is 11.1 Å². The van der Waals surface area contributed by atoms with Crippen molar-refractivity contribution in [2.75, 3.05) is 5.73 Å². The van der Waals surface area contributed by atoms with E-state index in [4.69, 9.17) is 5.26 Å². The van der Waals surface area contributed by atoms with Crippen molar-refractivity contribution < 1.29 is 26.3 Å². The number of halogens is 6. The lowest BCUT2D eigenvalue weighted by Crippen LogP contribution is -2.16. The first-order valence-electron chi connectivity index (χ1n) is 3.65. The van der Waals surface area contributed by atoms with Crippen LogP contribution in [-0.4, -0.2) is 0 Å². The normalized spacial score (nSPS) is 11.3. The highest BCUT2D eigenvalue weighted by Crippen LogP contribution is 2.39. The molecule has 1 rings (SSSR count). The third-order valence-electron chi connectivity index (χ3n) is 1.75. The van der Waals surface area contributed by atoms with E-state index in [9.17, 15) is 26.3 Å². The predicted octanol–water partition coefficient (Wildman–Crippen LogP) is 2.58. The van der Waals surface area contributed by atoms with Crippen molar-refractivity contribution in [3.63, 3.8) is 0 Å². The molecule has 0 aromatic heterocycles. The summed E-state index contributed by atoms with van der Waals surface area (Å²) in [4.78, 5) is 0. The van der Waals surface area contributed by atoms with E-state index in [-0.39, 0.29) is 0 Å². The molecule has 0 radical (unpaired) electrons. The molecular formula is C8H2F6N2. The number of nitrogens with zero attached hydrogens (tertiary/aromatic N) is 1. The Kier molecular flexibility index (Phi) is 2.73. The zero-order valence-electron chi connectivity index (χ0n) is 7.29. The maximum atomic E-state index is 13.0. The van der Waals surface area contributed by atoms with Crippen LogP contribution in [0.2, 0.25) is 0 Å². The van der Waals surface area contributed by atoms with Crippen LogP contribution in [0, 0.1) is 28.8 Å². The molecule has 0 atom stereocenters. The molecule has 0 spiro atoms. The second-order valence-electron chi connectivity index (χ2n) is 2.72. The van der Waals surface area contributed by atoms with Crippen LogP contribution in [0.4, 0.5) is 32.0 Å². The Labute approximate surface area is 84.9 Å². The number of hydrogen-bond acceptors (Lipinski definition) is 2. The first kappa shape index (κ1) is 12.2. The molecule has 1 aromatic rings. The number of nitriles is 1. The van der Waals surface area contributed by atoms with Crippen molar-refractivity contribution in [3.05, 3.63) is 28.6 Å². The molecule has 86 valence electrons. The third kappa shape index (κ3) is 1.64. The average Bonchev–Trinajstić information content (AvgIpc) is 2.13. The van der Waals surface area contributed by atoms with E-state index >= 15 is 0 Å². The molecular weight excluding hydrogens is 238 g/mol. The summed E-state index contributed by atoms with van der Waals surface area (Å²) in [5.74, 6) is -6.35. The standard InChI is InChI=1S/C8H2F6N2/c9-4-2(1-15)5(10)6(11)7(16)3(4)8(12,13)14/h16H2. The number of hydrogen-bond donors (Lipinski definition) is 1. The second kappa shape index (κ2) is 3.59. The Hall–Kier alpha value is -1.91. The van der Waals surface area contributed by atoms with Crippen molar-refractivity contribution in [3.8, 4) is 6.07 Å². The molecule has 0 amide bonds. The van der Waals surface area contributed by atoms with Gasteiger partial charge in [-0.1, -0.05) is 0 Å². The number of nitrogens with two attached hydrogens (primary N) is 1. The molecule has 2 nitrogen and oxygen atoms in total. The summed E-state index contributed by atoms with van der Waals surface area (Å²) in [6.07, 6.45) is -5.31. The summed E-state index contributed by atoms with van der Waals surface area (Å²) in [6, 6.07) is 0.799. The Morgan fingerprint density at radius 2 is 1.50 bits per heavy atom. The van der Waals surface area contributed by atoms with Crippen LogP contribution in [0.5, 0.6) is 0 Å². The van der Waals surface area contributed by atoms with Gasteiger partial charge in [-0.15, -0.1) is 0 Å². The molecule has 1 aromatic carbocycles. The lowest BCUT2D eigenvalue weighted by Gasteiger charge is -2.13. The molecule has 0 saturated heterocycles. The quantitative estimate of drug-likeness (QED) is 0.430. The number of anilines is 1. The van der Waals surface area contributed by atoms with Gasteiger partial charge < -0.3 is 5.73 Å². The van der Waals surface area contributed by atoms with Crippen LogP contribution in [0.3, 0.4) is 0 Å². The number of alkyl halides is 3. The van der Waals surface area contributed by atoms with Crippen LogP contribution in [0.15, 0.2) is 0 Å². The Morgan fingerprint density at radius 1 is 1.00 bits per heavy atom. The van der Waals surface area contributed by atoms with Gasteiger partial charge in [-0.2, -0.15) is 18.4 Å². The van der Waals surface area contributed by atoms with E-state index in [2.05, 4.69) is 5.73 Å². The first-order valence-corrected chi connectivity index (χ1v) is 3.65. The van der Waals surface area contributed by atoms with Crippen LogP contribution < -0.4 is 5.73 Å². The molecule has 2 N–H and O–H groups in total. The number of benzene rings is 1. The average molecular weight is 240 g/mol. The minimum atomic E-state index is -5.31. The fraction of sp³-hybridized carbons (Fsp3) is 0.125. The Bertz CT molecular complexity index is 485. The van der Waals surface area contributed by atoms with Crippen molar-refractivity contribution in [2.45, 2.75) is 6.18 Å². The molecule has 0 fully saturated rings. The van der Waals surface area contributed by atoms with Crippen LogP contribution in [0.25, 0.3) is 0 Å². The summed E-state index contributed by atoms with van der Waals surface area (Å²) in [5, 5.41) is 8.20. The molecule has 0 saturated carbocycles. The minimum absolute atomic E-state index is 0.799. The van der Waals surface area contributed by atoms with E-state index in [1.54, 1.807) is 0 Å². The van der Waals surface area contributed by atoms with Gasteiger partial charge in [0.1, 0.15) is 17.2 Å². The SMILES string of the molecule is N#Cc1c(F)c(F)c(N)c(C(F)(F)F)c1F. The molecule has 0 aliphatic carbocycles. The minimum Gasteiger partial charge on any atom is -0.396 e. The molecule has 0 aliphatic heterocycles. The van der Waals surface area contributed by atoms with E-state index in [0.717, 1.165) is 6.07 Å². The maximum absolute atomic E-state index is 13.0. The molecule has 0 unspecified atom stereocenters. The maximum Gasteiger partial charge on any atom is 0.421 e. The summed E-state index contributed by atoms with van der Waals surface area (Å²) in [6.45, 7) is 0. The van der Waals surface area contributed by atoms with Gasteiger partial charge in [0.15, 0.2) is 17.5 Å². The highest BCUT2D eigenvalue weighted by atomic mass is 19.4. The van der Waals surface area contributed by atoms with Crippen molar-refractivity contribution in [1.29, 1.82) is 5.26 Å². The highest BCUT2D eigenvalue weighted by Gasteiger charge is 2.40. The fourth-order valence-corrected chi connectivity index (χ4v) is 1.05. The summed E-state index contributed by atoms with van der Waals surface area (Å²) >= 11 is 0. The zero-order chi connectivity index (χ0) is 12.7. The van der Waals surface area contributed by atoms with Gasteiger partial charge in [0.05, 0.1) is 5.69 Å². The smallest absolute Gasteiger partial charge is 0.396 e. The van der Waals surface area contributed by atoms with Gasteiger partial charge in [0, 0.05) is 0 Å². The lowest BCUT2D eigenvalue weighted by atomic mass is 10.1. The van der Waals surface area contributed by atoms with Gasteiger partial charge in [0.25, 0.3) is 0 Å². The van der Waals surface area contributed by atoms with Gasteiger partial charge >= 0.3 is 6.18 Å². The van der Waals surface area contributed by atoms with Crippen molar-refractivity contribution in [2.24, 2.45) is 0 Å². The molecule has 0 bridgehead atoms. The molecule has 8 heteroatoms. The summed E-state index contributed by atoms with van der Waals surface area (Å²) < 4.78 is 75.3. The number of nitrogen functional groups attached to an aromatic ring is 1. The van der Waals surface area contributed by atoms with Gasteiger partial charge in [0.2, 0.25) is 0 Å². The highest BCUT2D eigenvalue weighted by molar-refractivity contribution is 5.55. The number of rotatable bonds is 0. The van der Waals surface area contributed by atoms with Crippen molar-refractivity contribution in [1.82, 2.24) is 0 Å². The Balaban J connectivity index is 3.78. The predicted molar refractivity (Wildman–Crippen MR) is 40.4 cm³/mol. The third-order valence-corrected chi connectivity index (χ3v) is 1.75. The van der Waals surface area contributed by atoms with E-state index in [1.807, 2.05) is 0 Å². The molecule has 0 heterocycles. The summed E-state index contributed by atoms with van der Waals surface area (Å²) in [5.41, 5.74) is -0.929. The topological polar surface area (TPSA) is 49.8 Å². The fourth-order valence-electron chi connectivity index (χ4n) is 1.05. The molecule has 0 aliphatic rings. The van der Waals surface area contributed by atoms with Gasteiger partial charge in [-0.25, -0.2) is 13.2 Å². The monoisotopic (exact) mass is 240 g/mol. The first-order chi connectivity index (χ1) is 7.21. The van der Waals surface area contributed by atoms with E-state index in [0.29, 0.717) is 0 Å². The van der Waals surface area contributed by atoms with E-state index < -0.39 is 40.4 Å². The van der Waals surface area contributed by atoms with Crippen LogP contribution >= 0.6 is 0 Å². The molecule has 16 heavy (non-hydrogen) atoms. The Morgan fingerprint density at radius 3 is 1.88 bits per heavy atom. The van der Waals surface area contributed by atoms with Crippen LogP contribution in [-0.2, 0) is 6.18 Å². The van der Waals surface area contributed by atoms with E-state index in [1.165, 1.54) is 0 Å². The summed E-state index contributed by atoms with van der Waals surface area (Å²) in [7, 11) is 0. The second-order valence-corrected chi connectivity index (χ2v) is 2.72. The van der Waals surface area contributed by atoms with Crippen molar-refractivity contribution >= 4 is 5.69 Å². The van der Waals surface area contributed by atoms with Gasteiger partial charge in [-0.05, 0) is 0 Å². The van der Waals surface area contributed by atoms with Gasteiger partial charge in [-0.3, -0.25) is 0 Å².